The number of carbonyl (C=O) groups is 1. The first-order valence-corrected chi connectivity index (χ1v) is 5.45. The normalized spacial score (nSPS) is 12.5. The summed E-state index contributed by atoms with van der Waals surface area (Å²) in [6.45, 7) is 1.25. The lowest BCUT2D eigenvalue weighted by molar-refractivity contribution is -0.139. The van der Waals surface area contributed by atoms with Crippen LogP contribution in [0, 0.1) is 0 Å². The smallest absolute Gasteiger partial charge is 0.319 e. The zero-order valence-electron chi connectivity index (χ0n) is 9.69. The van der Waals surface area contributed by atoms with E-state index in [1.165, 1.54) is 7.11 Å². The van der Waals surface area contributed by atoms with E-state index in [0.29, 0.717) is 6.79 Å². The van der Waals surface area contributed by atoms with Crippen LogP contribution in [0.3, 0.4) is 0 Å². The van der Waals surface area contributed by atoms with E-state index in [9.17, 15) is 4.79 Å². The van der Waals surface area contributed by atoms with Crippen LogP contribution in [0.2, 0.25) is 0 Å². The quantitative estimate of drug-likeness (QED) is 0.604. The first-order chi connectivity index (χ1) is 8.29. The zero-order valence-corrected chi connectivity index (χ0v) is 9.69. The van der Waals surface area contributed by atoms with Crippen molar-refractivity contribution in [3.8, 4) is 11.5 Å². The minimum Gasteiger partial charge on any atom is -0.468 e. The molecule has 0 saturated carbocycles. The lowest BCUT2D eigenvalue weighted by atomic mass is 10.1. The monoisotopic (exact) mass is 237 g/mol. The SMILES string of the molecule is COC(=O)CNCCc1ccc2c(c1)OCO2. The van der Waals surface area contributed by atoms with Crippen LogP contribution in [0.15, 0.2) is 18.2 Å². The summed E-state index contributed by atoms with van der Waals surface area (Å²) in [7, 11) is 1.38. The first-order valence-electron chi connectivity index (χ1n) is 5.45. The summed E-state index contributed by atoms with van der Waals surface area (Å²) in [5.74, 6) is 1.32. The number of benzene rings is 1. The Labute approximate surface area is 99.7 Å². The largest absolute Gasteiger partial charge is 0.468 e. The molecule has 1 heterocycles. The molecule has 0 atom stereocenters. The number of nitrogens with one attached hydrogen (secondary N) is 1. The standard InChI is InChI=1S/C12H15NO4/c1-15-12(14)7-13-5-4-9-2-3-10-11(6-9)17-8-16-10/h2-3,6,13H,4-5,7-8H2,1H3. The molecule has 1 aliphatic heterocycles. The molecule has 2 rings (SSSR count). The topological polar surface area (TPSA) is 56.8 Å². The Hall–Kier alpha value is -1.75. The van der Waals surface area contributed by atoms with Gasteiger partial charge in [0.1, 0.15) is 0 Å². The molecular weight excluding hydrogens is 222 g/mol. The van der Waals surface area contributed by atoms with Crippen LogP contribution in [-0.4, -0.2) is 33.0 Å². The lowest BCUT2D eigenvalue weighted by Crippen LogP contribution is -2.25. The van der Waals surface area contributed by atoms with Gasteiger partial charge >= 0.3 is 5.97 Å². The summed E-state index contributed by atoms with van der Waals surface area (Å²) in [5, 5.41) is 3.01. The maximum Gasteiger partial charge on any atom is 0.319 e. The molecule has 1 N–H and O–H groups in total. The second-order valence-corrected chi connectivity index (χ2v) is 3.69. The minimum atomic E-state index is -0.254. The second kappa shape index (κ2) is 5.54. The van der Waals surface area contributed by atoms with E-state index in [1.54, 1.807) is 0 Å². The van der Waals surface area contributed by atoms with Crippen molar-refractivity contribution in [2.75, 3.05) is 27.0 Å². The first kappa shape index (κ1) is 11.7. The number of esters is 1. The fraction of sp³-hybridized carbons (Fsp3) is 0.417. The number of methoxy groups -OCH3 is 1. The van der Waals surface area contributed by atoms with E-state index >= 15 is 0 Å². The molecule has 5 heteroatoms. The Bertz CT molecular complexity index is 405. The van der Waals surface area contributed by atoms with Crippen molar-refractivity contribution in [1.29, 1.82) is 0 Å². The molecule has 17 heavy (non-hydrogen) atoms. The molecule has 0 saturated heterocycles. The second-order valence-electron chi connectivity index (χ2n) is 3.69. The predicted octanol–water partition coefficient (Wildman–Crippen LogP) is 0.720. The van der Waals surface area contributed by atoms with Gasteiger partial charge in [-0.3, -0.25) is 4.79 Å². The van der Waals surface area contributed by atoms with E-state index < -0.39 is 0 Å². The van der Waals surface area contributed by atoms with Crippen LogP contribution >= 0.6 is 0 Å². The van der Waals surface area contributed by atoms with Gasteiger partial charge < -0.3 is 19.5 Å². The Morgan fingerprint density at radius 2 is 2.24 bits per heavy atom. The van der Waals surface area contributed by atoms with Gasteiger partial charge in [0.2, 0.25) is 6.79 Å². The van der Waals surface area contributed by atoms with Crippen molar-refractivity contribution in [2.24, 2.45) is 0 Å². The number of fused-ring (bicyclic) bond motifs is 1. The molecule has 0 fully saturated rings. The highest BCUT2D eigenvalue weighted by atomic mass is 16.7. The van der Waals surface area contributed by atoms with Crippen molar-refractivity contribution >= 4 is 5.97 Å². The predicted molar refractivity (Wildman–Crippen MR) is 61.2 cm³/mol. The molecule has 92 valence electrons. The summed E-state index contributed by atoms with van der Waals surface area (Å²) >= 11 is 0. The highest BCUT2D eigenvalue weighted by Crippen LogP contribution is 2.32. The van der Waals surface area contributed by atoms with Crippen molar-refractivity contribution in [2.45, 2.75) is 6.42 Å². The van der Waals surface area contributed by atoms with Gasteiger partial charge in [-0.15, -0.1) is 0 Å². The average molecular weight is 237 g/mol. The third-order valence-electron chi connectivity index (χ3n) is 2.52. The number of hydrogen-bond donors (Lipinski definition) is 1. The molecule has 0 aliphatic carbocycles. The van der Waals surface area contributed by atoms with Crippen LogP contribution in [-0.2, 0) is 16.0 Å². The molecule has 5 nitrogen and oxygen atoms in total. The molecule has 0 bridgehead atoms. The molecule has 1 aromatic rings. The highest BCUT2D eigenvalue weighted by molar-refractivity contribution is 5.71. The van der Waals surface area contributed by atoms with Crippen LogP contribution in [0.4, 0.5) is 0 Å². The maximum atomic E-state index is 10.9. The Morgan fingerprint density at radius 1 is 1.41 bits per heavy atom. The Kier molecular flexibility index (Phi) is 3.82. The molecular formula is C12H15NO4. The summed E-state index contributed by atoms with van der Waals surface area (Å²) in [6, 6.07) is 5.85. The van der Waals surface area contributed by atoms with Gasteiger partial charge in [0.15, 0.2) is 11.5 Å². The van der Waals surface area contributed by atoms with Gasteiger partial charge in [0.05, 0.1) is 13.7 Å². The summed E-state index contributed by atoms with van der Waals surface area (Å²) < 4.78 is 15.0. The van der Waals surface area contributed by atoms with Crippen molar-refractivity contribution in [3.05, 3.63) is 23.8 Å². The van der Waals surface area contributed by atoms with E-state index in [0.717, 1.165) is 30.0 Å². The lowest BCUT2D eigenvalue weighted by Gasteiger charge is -2.04. The fourth-order valence-electron chi connectivity index (χ4n) is 1.59. The molecule has 0 radical (unpaired) electrons. The molecule has 1 aromatic carbocycles. The average Bonchev–Trinajstić information content (AvgIpc) is 2.81. The van der Waals surface area contributed by atoms with Gasteiger partial charge in [-0.25, -0.2) is 0 Å². The van der Waals surface area contributed by atoms with E-state index in [4.69, 9.17) is 9.47 Å². The molecule has 0 amide bonds. The van der Waals surface area contributed by atoms with Gasteiger partial charge in [0.25, 0.3) is 0 Å². The zero-order chi connectivity index (χ0) is 12.1. The van der Waals surface area contributed by atoms with Gasteiger partial charge in [-0.05, 0) is 30.7 Å². The van der Waals surface area contributed by atoms with Gasteiger partial charge in [-0.2, -0.15) is 0 Å². The molecule has 0 aromatic heterocycles. The van der Waals surface area contributed by atoms with Crippen molar-refractivity contribution < 1.29 is 19.0 Å². The van der Waals surface area contributed by atoms with Crippen molar-refractivity contribution in [3.63, 3.8) is 0 Å². The Balaban J connectivity index is 1.78. The molecule has 0 spiro atoms. The van der Waals surface area contributed by atoms with Crippen LogP contribution in [0.5, 0.6) is 11.5 Å². The Morgan fingerprint density at radius 3 is 3.06 bits per heavy atom. The molecule has 0 unspecified atom stereocenters. The fourth-order valence-corrected chi connectivity index (χ4v) is 1.59. The van der Waals surface area contributed by atoms with E-state index in [-0.39, 0.29) is 12.5 Å². The van der Waals surface area contributed by atoms with Gasteiger partial charge in [0, 0.05) is 0 Å². The minimum absolute atomic E-state index is 0.237. The van der Waals surface area contributed by atoms with E-state index in [1.807, 2.05) is 18.2 Å². The van der Waals surface area contributed by atoms with Crippen molar-refractivity contribution in [1.82, 2.24) is 5.32 Å². The summed E-state index contributed by atoms with van der Waals surface area (Å²) in [5.41, 5.74) is 1.15. The maximum absolute atomic E-state index is 10.9. The number of carbonyl (C=O) groups excluding carboxylic acids is 1. The number of ether oxygens (including phenoxy) is 3. The number of hydrogen-bond acceptors (Lipinski definition) is 5. The number of rotatable bonds is 5. The summed E-state index contributed by atoms with van der Waals surface area (Å²) in [6.07, 6.45) is 0.827. The highest BCUT2D eigenvalue weighted by Gasteiger charge is 2.12. The third kappa shape index (κ3) is 3.10. The molecule has 1 aliphatic rings. The third-order valence-corrected chi connectivity index (χ3v) is 2.52. The van der Waals surface area contributed by atoms with E-state index in [2.05, 4.69) is 10.1 Å². The van der Waals surface area contributed by atoms with Crippen LogP contribution in [0.1, 0.15) is 5.56 Å². The van der Waals surface area contributed by atoms with Gasteiger partial charge in [-0.1, -0.05) is 6.07 Å². The van der Waals surface area contributed by atoms with Crippen LogP contribution < -0.4 is 14.8 Å². The summed E-state index contributed by atoms with van der Waals surface area (Å²) in [4.78, 5) is 10.9. The van der Waals surface area contributed by atoms with Crippen LogP contribution in [0.25, 0.3) is 0 Å².